The van der Waals surface area contributed by atoms with Crippen LogP contribution in [0.25, 0.3) is 5.57 Å². The molecule has 2 rings (SSSR count). The number of imide groups is 1. The molecule has 3 atom stereocenters. The fourth-order valence-electron chi connectivity index (χ4n) is 3.58. The normalized spacial score (nSPS) is 15.3. The monoisotopic (exact) mass is 480 g/mol. The molecule has 0 aliphatic carbocycles. The summed E-state index contributed by atoms with van der Waals surface area (Å²) < 4.78 is 0. The van der Waals surface area contributed by atoms with Crippen LogP contribution in [0.15, 0.2) is 61.3 Å². The molecule has 0 unspecified atom stereocenters. The molecule has 8 nitrogen and oxygen atoms in total. The molecule has 188 valence electrons. The maximum Gasteiger partial charge on any atom is 0.253 e. The van der Waals surface area contributed by atoms with Crippen LogP contribution in [0.3, 0.4) is 0 Å². The van der Waals surface area contributed by atoms with Gasteiger partial charge in [0.15, 0.2) is 0 Å². The summed E-state index contributed by atoms with van der Waals surface area (Å²) in [6.07, 6.45) is 4.88. The van der Waals surface area contributed by atoms with Crippen molar-refractivity contribution in [2.24, 2.45) is 0 Å². The number of amides is 4. The third kappa shape index (κ3) is 8.55. The molecule has 0 saturated carbocycles. The maximum absolute atomic E-state index is 12.6. The van der Waals surface area contributed by atoms with Gasteiger partial charge in [0.1, 0.15) is 6.04 Å². The summed E-state index contributed by atoms with van der Waals surface area (Å²) in [6, 6.07) is 8.54. The second kappa shape index (κ2) is 13.3. The molecule has 1 aliphatic heterocycles. The molecule has 35 heavy (non-hydrogen) atoms. The Labute approximate surface area is 207 Å². The molecule has 0 spiro atoms. The van der Waals surface area contributed by atoms with E-state index in [-0.39, 0.29) is 35.7 Å². The van der Waals surface area contributed by atoms with E-state index in [9.17, 15) is 19.2 Å². The first kappa shape index (κ1) is 27.6. The quantitative estimate of drug-likeness (QED) is 0.280. The van der Waals surface area contributed by atoms with Crippen molar-refractivity contribution in [3.8, 4) is 0 Å². The molecule has 1 aromatic rings. The first-order chi connectivity index (χ1) is 16.6. The van der Waals surface area contributed by atoms with Crippen LogP contribution in [-0.2, 0) is 19.2 Å². The van der Waals surface area contributed by atoms with Gasteiger partial charge in [-0.25, -0.2) is 0 Å². The minimum Gasteiger partial charge on any atom is -0.376 e. The summed E-state index contributed by atoms with van der Waals surface area (Å²) in [5.41, 5.74) is 2.33. The van der Waals surface area contributed by atoms with Gasteiger partial charge in [0, 0.05) is 30.8 Å². The summed E-state index contributed by atoms with van der Waals surface area (Å²) >= 11 is 0. The van der Waals surface area contributed by atoms with Crippen LogP contribution in [0.1, 0.15) is 52.0 Å². The molecule has 1 aliphatic rings. The Morgan fingerprint density at radius 1 is 0.829 bits per heavy atom. The average molecular weight is 481 g/mol. The largest absolute Gasteiger partial charge is 0.376 e. The van der Waals surface area contributed by atoms with E-state index >= 15 is 0 Å². The van der Waals surface area contributed by atoms with Crippen LogP contribution in [0.2, 0.25) is 0 Å². The molecule has 1 heterocycles. The number of hydrogen-bond acceptors (Lipinski definition) is 5. The number of nitrogens with zero attached hydrogens (tertiary/aromatic N) is 1. The fraction of sp³-hybridized carbons (Fsp3) is 0.407. The molecule has 0 bridgehead atoms. The van der Waals surface area contributed by atoms with Gasteiger partial charge in [-0.1, -0.05) is 49.9 Å². The predicted octanol–water partition coefficient (Wildman–Crippen LogP) is 2.69. The van der Waals surface area contributed by atoms with Gasteiger partial charge in [-0.3, -0.25) is 24.1 Å². The predicted molar refractivity (Wildman–Crippen MR) is 137 cm³/mol. The number of carbonyl (C=O) groups is 4. The smallest absolute Gasteiger partial charge is 0.253 e. The van der Waals surface area contributed by atoms with Crippen molar-refractivity contribution in [1.29, 1.82) is 0 Å². The van der Waals surface area contributed by atoms with Gasteiger partial charge >= 0.3 is 0 Å². The maximum atomic E-state index is 12.6. The number of benzene rings is 1. The van der Waals surface area contributed by atoms with Gasteiger partial charge < -0.3 is 16.0 Å². The molecule has 1 aromatic carbocycles. The van der Waals surface area contributed by atoms with Gasteiger partial charge in [0.05, 0.1) is 12.1 Å². The lowest BCUT2D eigenvalue weighted by atomic mass is 10.0. The summed E-state index contributed by atoms with van der Waals surface area (Å²) in [6.45, 7) is 13.8. The van der Waals surface area contributed by atoms with Crippen molar-refractivity contribution in [2.45, 2.75) is 64.6 Å². The molecule has 0 aromatic heterocycles. The zero-order valence-corrected chi connectivity index (χ0v) is 20.8. The van der Waals surface area contributed by atoms with Crippen molar-refractivity contribution >= 4 is 29.2 Å². The standard InChI is InChI=1S/C27H36N4O4/c1-18(23-12-8-6-9-13-23)19(2)30-27(35)22(5)28-20(3)21(4)29-24(32)14-10-7-11-17-31-25(33)15-16-26(31)34/h6,8-9,12-13,15-16,19,21-22,28H,1,3,7,10-11,14,17H2,2,4-5H3,(H,29,32)(H,30,35)/t19-,21-,22-/m0/s1. The summed E-state index contributed by atoms with van der Waals surface area (Å²) in [5, 5.41) is 8.88. The van der Waals surface area contributed by atoms with Crippen LogP contribution < -0.4 is 16.0 Å². The molecule has 0 fully saturated rings. The summed E-state index contributed by atoms with van der Waals surface area (Å²) in [4.78, 5) is 49.1. The first-order valence-corrected chi connectivity index (χ1v) is 11.9. The van der Waals surface area contributed by atoms with Crippen molar-refractivity contribution in [3.05, 3.63) is 66.9 Å². The van der Waals surface area contributed by atoms with Crippen LogP contribution in [0.4, 0.5) is 0 Å². The van der Waals surface area contributed by atoms with Crippen LogP contribution in [-0.4, -0.2) is 53.2 Å². The van der Waals surface area contributed by atoms with Gasteiger partial charge in [0.2, 0.25) is 11.8 Å². The zero-order chi connectivity index (χ0) is 26.0. The second-order valence-corrected chi connectivity index (χ2v) is 8.77. The summed E-state index contributed by atoms with van der Waals surface area (Å²) in [5.74, 6) is -0.892. The van der Waals surface area contributed by atoms with Crippen molar-refractivity contribution in [2.75, 3.05) is 6.54 Å². The van der Waals surface area contributed by atoms with E-state index in [1.165, 1.54) is 17.1 Å². The highest BCUT2D eigenvalue weighted by Crippen LogP contribution is 2.15. The van der Waals surface area contributed by atoms with Gasteiger partial charge in [-0.05, 0) is 44.7 Å². The second-order valence-electron chi connectivity index (χ2n) is 8.77. The van der Waals surface area contributed by atoms with Crippen molar-refractivity contribution in [3.63, 3.8) is 0 Å². The molecule has 0 radical (unpaired) electrons. The minimum atomic E-state index is -0.543. The van der Waals surface area contributed by atoms with Gasteiger partial charge in [-0.15, -0.1) is 0 Å². The van der Waals surface area contributed by atoms with E-state index in [4.69, 9.17) is 0 Å². The lowest BCUT2D eigenvalue weighted by molar-refractivity contribution is -0.137. The summed E-state index contributed by atoms with van der Waals surface area (Å²) in [7, 11) is 0. The Hall–Kier alpha value is -3.68. The molecule has 3 N–H and O–H groups in total. The number of carbonyl (C=O) groups excluding carboxylic acids is 4. The van der Waals surface area contributed by atoms with Crippen molar-refractivity contribution in [1.82, 2.24) is 20.9 Å². The highest BCUT2D eigenvalue weighted by Gasteiger charge is 2.22. The lowest BCUT2D eigenvalue weighted by Crippen LogP contribution is -2.48. The van der Waals surface area contributed by atoms with E-state index in [2.05, 4.69) is 29.1 Å². The van der Waals surface area contributed by atoms with E-state index < -0.39 is 6.04 Å². The number of unbranched alkanes of at least 4 members (excludes halogenated alkanes) is 2. The Morgan fingerprint density at radius 3 is 2.09 bits per heavy atom. The zero-order valence-electron chi connectivity index (χ0n) is 20.8. The molecular formula is C27H36N4O4. The molecule has 4 amide bonds. The highest BCUT2D eigenvalue weighted by molar-refractivity contribution is 6.12. The lowest BCUT2D eigenvalue weighted by Gasteiger charge is -2.24. The van der Waals surface area contributed by atoms with Gasteiger partial charge in [0.25, 0.3) is 11.8 Å². The van der Waals surface area contributed by atoms with E-state index in [1.54, 1.807) is 13.8 Å². The van der Waals surface area contributed by atoms with E-state index in [1.807, 2.05) is 37.3 Å². The first-order valence-electron chi connectivity index (χ1n) is 11.9. The Bertz CT molecular complexity index is 968. The third-order valence-electron chi connectivity index (χ3n) is 5.91. The molecular weight excluding hydrogens is 444 g/mol. The van der Waals surface area contributed by atoms with Crippen LogP contribution in [0, 0.1) is 0 Å². The average Bonchev–Trinajstić information content (AvgIpc) is 3.15. The van der Waals surface area contributed by atoms with Crippen LogP contribution in [0.5, 0.6) is 0 Å². The Morgan fingerprint density at radius 2 is 1.46 bits per heavy atom. The van der Waals surface area contributed by atoms with Crippen LogP contribution >= 0.6 is 0 Å². The Kier molecular flexibility index (Phi) is 10.5. The fourth-order valence-corrected chi connectivity index (χ4v) is 3.58. The van der Waals surface area contributed by atoms with Crippen molar-refractivity contribution < 1.29 is 19.2 Å². The SMILES string of the molecule is C=C(N[C@@H](C)C(=O)N[C@@H](C)C(=C)c1ccccc1)[C@H](C)NC(=O)CCCCCN1C(=O)C=CC1=O. The van der Waals surface area contributed by atoms with E-state index in [0.29, 0.717) is 31.5 Å². The number of rotatable bonds is 14. The molecule has 8 heteroatoms. The molecule has 0 saturated heterocycles. The van der Waals surface area contributed by atoms with Gasteiger partial charge in [-0.2, -0.15) is 0 Å². The topological polar surface area (TPSA) is 108 Å². The number of nitrogens with one attached hydrogen (secondary N) is 3. The third-order valence-corrected chi connectivity index (χ3v) is 5.91. The Balaban J connectivity index is 1.66. The highest BCUT2D eigenvalue weighted by atomic mass is 16.2. The number of hydrogen-bond donors (Lipinski definition) is 3. The van der Waals surface area contributed by atoms with E-state index in [0.717, 1.165) is 17.6 Å². The minimum absolute atomic E-state index is 0.125.